The van der Waals surface area contributed by atoms with Crippen molar-refractivity contribution in [1.29, 1.82) is 0 Å². The van der Waals surface area contributed by atoms with Crippen molar-refractivity contribution < 1.29 is 19.4 Å². The largest absolute Gasteiger partial charge is 0.490 e. The first-order valence-corrected chi connectivity index (χ1v) is 14.9. The molecular formula is C33H36N4O4S. The number of ether oxygens (including phenoxy) is 2. The van der Waals surface area contributed by atoms with Crippen molar-refractivity contribution >= 4 is 22.8 Å². The van der Waals surface area contributed by atoms with E-state index in [2.05, 4.69) is 21.7 Å². The van der Waals surface area contributed by atoms with Crippen molar-refractivity contribution in [3.05, 3.63) is 118 Å². The van der Waals surface area contributed by atoms with Crippen LogP contribution in [-0.2, 0) is 16.1 Å². The molecule has 8 nitrogen and oxygen atoms in total. The number of carbonyl (C=O) groups excluding carboxylic acids is 1. The molecule has 1 unspecified atom stereocenters. The number of methoxy groups -OCH3 is 1. The molecule has 3 aromatic carbocycles. The van der Waals surface area contributed by atoms with E-state index in [1.54, 1.807) is 7.11 Å². The van der Waals surface area contributed by atoms with E-state index in [4.69, 9.17) is 9.47 Å². The third-order valence-electron chi connectivity index (χ3n) is 7.30. The predicted octanol–water partition coefficient (Wildman–Crippen LogP) is 4.46. The summed E-state index contributed by atoms with van der Waals surface area (Å²) in [6.45, 7) is 7.80. The van der Waals surface area contributed by atoms with Gasteiger partial charge in [-0.05, 0) is 17.2 Å². The molecule has 1 fully saturated rings. The Kier molecular flexibility index (Phi) is 10.1. The minimum absolute atomic E-state index is 0.109. The minimum Gasteiger partial charge on any atom is -0.490 e. The van der Waals surface area contributed by atoms with Crippen LogP contribution < -0.4 is 4.74 Å². The minimum atomic E-state index is -0.690. The lowest BCUT2D eigenvalue weighted by molar-refractivity contribution is -0.133. The number of nitrogens with zero attached hydrogens (tertiary/aromatic N) is 4. The number of hydrogen-bond donors (Lipinski definition) is 1. The molecule has 0 spiro atoms. The van der Waals surface area contributed by atoms with Gasteiger partial charge >= 0.3 is 0 Å². The molecule has 1 saturated heterocycles. The Balaban J connectivity index is 1.15. The summed E-state index contributed by atoms with van der Waals surface area (Å²) in [5, 5.41) is 20.7. The van der Waals surface area contributed by atoms with Crippen LogP contribution in [0.5, 0.6) is 5.75 Å². The van der Waals surface area contributed by atoms with Gasteiger partial charge in [0, 0.05) is 51.0 Å². The monoisotopic (exact) mass is 584 g/mol. The second-order valence-electron chi connectivity index (χ2n) is 10.3. The van der Waals surface area contributed by atoms with E-state index in [1.165, 1.54) is 11.3 Å². The van der Waals surface area contributed by atoms with Crippen LogP contribution in [0, 0.1) is 0 Å². The fourth-order valence-corrected chi connectivity index (χ4v) is 5.95. The fourth-order valence-electron chi connectivity index (χ4n) is 5.15. The van der Waals surface area contributed by atoms with E-state index in [0.29, 0.717) is 55.7 Å². The molecule has 1 N–H and O–H groups in total. The fraction of sp³-hybridized carbons (Fsp3) is 0.303. The summed E-state index contributed by atoms with van der Waals surface area (Å²) < 4.78 is 11.2. The van der Waals surface area contributed by atoms with Gasteiger partial charge in [0.25, 0.3) is 0 Å². The van der Waals surface area contributed by atoms with E-state index in [-0.39, 0.29) is 18.4 Å². The number of rotatable bonds is 12. The molecule has 0 saturated carbocycles. The first-order valence-electron chi connectivity index (χ1n) is 14.1. The summed E-state index contributed by atoms with van der Waals surface area (Å²) in [7, 11) is 1.62. The summed E-state index contributed by atoms with van der Waals surface area (Å²) in [4.78, 5) is 17.9. The maximum atomic E-state index is 13.7. The molecule has 1 aliphatic heterocycles. The molecule has 1 atom stereocenters. The average molecular weight is 585 g/mol. The van der Waals surface area contributed by atoms with Crippen molar-refractivity contribution in [2.24, 2.45) is 0 Å². The number of benzene rings is 3. The second kappa shape index (κ2) is 14.3. The van der Waals surface area contributed by atoms with Gasteiger partial charge in [0.15, 0.2) is 0 Å². The smallest absolute Gasteiger partial charge is 0.234 e. The lowest BCUT2D eigenvalue weighted by Crippen LogP contribution is -2.52. The van der Waals surface area contributed by atoms with Crippen molar-refractivity contribution in [2.75, 3.05) is 46.4 Å². The molecule has 5 rings (SSSR count). The quantitative estimate of drug-likeness (QED) is 0.263. The molecule has 0 aliphatic carbocycles. The number of β-amino-alcohol motifs (C(OH)–C–C–N with tert-alkyl or cyclic N) is 1. The molecule has 2 heterocycles. The second-order valence-corrected chi connectivity index (χ2v) is 11.3. The third-order valence-corrected chi connectivity index (χ3v) is 8.26. The number of para-hydroxylation sites is 1. The van der Waals surface area contributed by atoms with E-state index < -0.39 is 6.10 Å². The number of amides is 1. The van der Waals surface area contributed by atoms with E-state index in [0.717, 1.165) is 21.7 Å². The number of aromatic nitrogens is 2. The SMILES string of the molecule is C=C(c1nnc(COC)s1)c1ccccc1OCC(O)CN1CCN(C(=O)C(c2ccccc2)c2ccccc2)CC1. The van der Waals surface area contributed by atoms with E-state index in [9.17, 15) is 9.90 Å². The highest BCUT2D eigenvalue weighted by Crippen LogP contribution is 2.32. The third kappa shape index (κ3) is 7.30. The topological polar surface area (TPSA) is 88.0 Å². The summed E-state index contributed by atoms with van der Waals surface area (Å²) in [5.74, 6) is 0.408. The van der Waals surface area contributed by atoms with Gasteiger partial charge < -0.3 is 19.5 Å². The molecule has 42 heavy (non-hydrogen) atoms. The van der Waals surface area contributed by atoms with Crippen LogP contribution in [0.2, 0.25) is 0 Å². The molecule has 218 valence electrons. The Morgan fingerprint density at radius 2 is 1.55 bits per heavy atom. The van der Waals surface area contributed by atoms with E-state index >= 15 is 0 Å². The molecule has 9 heteroatoms. The molecular weight excluding hydrogens is 548 g/mol. The maximum Gasteiger partial charge on any atom is 0.234 e. The number of carbonyl (C=O) groups is 1. The number of piperazine rings is 1. The summed E-state index contributed by atoms with van der Waals surface area (Å²) in [5.41, 5.74) is 3.51. The Labute approximate surface area is 250 Å². The van der Waals surface area contributed by atoms with Crippen LogP contribution in [-0.4, -0.2) is 83.6 Å². The van der Waals surface area contributed by atoms with Crippen LogP contribution in [0.25, 0.3) is 5.57 Å². The van der Waals surface area contributed by atoms with Crippen LogP contribution in [0.15, 0.2) is 91.5 Å². The highest BCUT2D eigenvalue weighted by molar-refractivity contribution is 7.12. The Morgan fingerprint density at radius 3 is 2.19 bits per heavy atom. The molecule has 1 aliphatic rings. The standard InChI is InChI=1S/C33H36N4O4S/c1-24(32-35-34-30(42-32)23-40-2)28-15-9-10-16-29(28)41-22-27(38)21-36-17-19-37(20-18-36)33(39)31(25-11-5-3-6-12-25)26-13-7-4-8-14-26/h3-16,27,31,38H,1,17-23H2,2H3. The highest BCUT2D eigenvalue weighted by atomic mass is 32.1. The first-order chi connectivity index (χ1) is 20.5. The zero-order valence-electron chi connectivity index (χ0n) is 23.8. The zero-order valence-corrected chi connectivity index (χ0v) is 24.6. The van der Waals surface area contributed by atoms with Gasteiger partial charge in [0.2, 0.25) is 5.91 Å². The molecule has 0 bridgehead atoms. The van der Waals surface area contributed by atoms with Gasteiger partial charge in [-0.2, -0.15) is 0 Å². The van der Waals surface area contributed by atoms with Crippen LogP contribution in [0.1, 0.15) is 32.6 Å². The summed E-state index contributed by atoms with van der Waals surface area (Å²) in [6, 6.07) is 27.5. The average Bonchev–Trinajstić information content (AvgIpc) is 3.50. The molecule has 4 aromatic rings. The molecule has 1 amide bonds. The summed E-state index contributed by atoms with van der Waals surface area (Å²) in [6.07, 6.45) is -0.690. The predicted molar refractivity (Wildman–Crippen MR) is 164 cm³/mol. The van der Waals surface area contributed by atoms with Gasteiger partial charge in [-0.1, -0.05) is 96.8 Å². The van der Waals surface area contributed by atoms with E-state index in [1.807, 2.05) is 89.8 Å². The Hall–Kier alpha value is -3.89. The van der Waals surface area contributed by atoms with Crippen molar-refractivity contribution in [3.63, 3.8) is 0 Å². The van der Waals surface area contributed by atoms with Crippen molar-refractivity contribution in [2.45, 2.75) is 18.6 Å². The van der Waals surface area contributed by atoms with Gasteiger partial charge in [-0.3, -0.25) is 9.69 Å². The Morgan fingerprint density at radius 1 is 0.929 bits per heavy atom. The van der Waals surface area contributed by atoms with Gasteiger partial charge in [0.05, 0.1) is 12.5 Å². The van der Waals surface area contributed by atoms with Gasteiger partial charge in [0.1, 0.15) is 28.5 Å². The normalized spacial score (nSPS) is 14.6. The number of aliphatic hydroxyl groups is 1. The van der Waals surface area contributed by atoms with Crippen LogP contribution in [0.4, 0.5) is 0 Å². The summed E-state index contributed by atoms with van der Waals surface area (Å²) >= 11 is 1.43. The van der Waals surface area contributed by atoms with Crippen molar-refractivity contribution in [3.8, 4) is 5.75 Å². The highest BCUT2D eigenvalue weighted by Gasteiger charge is 2.30. The zero-order chi connectivity index (χ0) is 29.3. The van der Waals surface area contributed by atoms with Crippen molar-refractivity contribution in [1.82, 2.24) is 20.0 Å². The number of aliphatic hydroxyl groups excluding tert-OH is 1. The number of hydrogen-bond acceptors (Lipinski definition) is 8. The lowest BCUT2D eigenvalue weighted by Gasteiger charge is -2.37. The molecule has 1 aromatic heterocycles. The molecule has 0 radical (unpaired) electrons. The van der Waals surface area contributed by atoms with Crippen LogP contribution >= 0.6 is 11.3 Å². The maximum absolute atomic E-state index is 13.7. The first kappa shape index (κ1) is 29.6. The van der Waals surface area contributed by atoms with Crippen LogP contribution in [0.3, 0.4) is 0 Å². The van der Waals surface area contributed by atoms with Gasteiger partial charge in [-0.15, -0.1) is 10.2 Å². The lowest BCUT2D eigenvalue weighted by atomic mass is 9.90. The Bertz CT molecular complexity index is 1420. The van der Waals surface area contributed by atoms with Gasteiger partial charge in [-0.25, -0.2) is 0 Å².